The van der Waals surface area contributed by atoms with Gasteiger partial charge in [0.25, 0.3) is 0 Å². The number of hydrogen-bond donors (Lipinski definition) is 0. The van der Waals surface area contributed by atoms with Crippen LogP contribution in [0, 0.1) is 0 Å². The minimum Gasteiger partial charge on any atom is -0.459 e. The van der Waals surface area contributed by atoms with Crippen LogP contribution in [0.25, 0.3) is 11.0 Å². The number of aryl methyl sites for hydroxylation is 1. The van der Waals surface area contributed by atoms with Gasteiger partial charge in [0.05, 0.1) is 6.54 Å². The van der Waals surface area contributed by atoms with Crippen LogP contribution in [0.5, 0.6) is 0 Å². The van der Waals surface area contributed by atoms with Gasteiger partial charge in [-0.15, -0.1) is 0 Å². The molecular formula is C11H11N3O2. The summed E-state index contributed by atoms with van der Waals surface area (Å²) in [5, 5.41) is 8.70. The van der Waals surface area contributed by atoms with Crippen molar-refractivity contribution in [2.45, 2.75) is 19.3 Å². The van der Waals surface area contributed by atoms with Crippen molar-refractivity contribution >= 4 is 11.0 Å². The van der Waals surface area contributed by atoms with Crippen LogP contribution >= 0.6 is 0 Å². The molecular weight excluding hydrogens is 206 g/mol. The Labute approximate surface area is 92.3 Å². The molecule has 1 aromatic heterocycles. The fourth-order valence-electron chi connectivity index (χ4n) is 1.63. The first kappa shape index (κ1) is 9.21. The van der Waals surface area contributed by atoms with E-state index in [0.717, 1.165) is 17.5 Å². The van der Waals surface area contributed by atoms with Crippen molar-refractivity contribution in [1.29, 1.82) is 0 Å². The molecule has 0 amide bonds. The van der Waals surface area contributed by atoms with Crippen molar-refractivity contribution in [3.05, 3.63) is 36.8 Å². The Morgan fingerprint density at radius 3 is 2.31 bits per heavy atom. The summed E-state index contributed by atoms with van der Waals surface area (Å²) >= 11 is 0. The zero-order valence-corrected chi connectivity index (χ0v) is 8.61. The van der Waals surface area contributed by atoms with Crippen LogP contribution in [0.2, 0.25) is 0 Å². The third-order valence-electron chi connectivity index (χ3n) is 2.41. The third-order valence-corrected chi connectivity index (χ3v) is 2.41. The van der Waals surface area contributed by atoms with E-state index in [2.05, 4.69) is 10.2 Å². The van der Waals surface area contributed by atoms with Crippen LogP contribution in [0.15, 0.2) is 36.8 Å². The minimum atomic E-state index is -0.200. The standard InChI is InChI=1S/C11H11N3O2/c1-2-4-10-9(3-1)12-14(13-10)6-5-11-15-7-8-16-11/h1-4,7-8,11H,5-6H2. The molecule has 5 nitrogen and oxygen atoms in total. The van der Waals surface area contributed by atoms with E-state index < -0.39 is 0 Å². The predicted octanol–water partition coefficient (Wildman–Crippen LogP) is 1.67. The van der Waals surface area contributed by atoms with E-state index in [0.29, 0.717) is 6.54 Å². The fraction of sp³-hybridized carbons (Fsp3) is 0.273. The van der Waals surface area contributed by atoms with E-state index in [-0.39, 0.29) is 6.29 Å². The molecule has 0 unspecified atom stereocenters. The Kier molecular flexibility index (Phi) is 2.21. The highest BCUT2D eigenvalue weighted by Crippen LogP contribution is 2.11. The maximum Gasteiger partial charge on any atom is 0.241 e. The number of fused-ring (bicyclic) bond motifs is 1. The third kappa shape index (κ3) is 1.71. The van der Waals surface area contributed by atoms with Gasteiger partial charge in [0.1, 0.15) is 23.6 Å². The predicted molar refractivity (Wildman–Crippen MR) is 57.2 cm³/mol. The molecule has 0 saturated carbocycles. The Morgan fingerprint density at radius 2 is 1.69 bits per heavy atom. The lowest BCUT2D eigenvalue weighted by molar-refractivity contribution is -0.0318. The van der Waals surface area contributed by atoms with Gasteiger partial charge in [0, 0.05) is 6.42 Å². The number of rotatable bonds is 3. The molecule has 0 fully saturated rings. The van der Waals surface area contributed by atoms with Crippen LogP contribution in [-0.2, 0) is 16.0 Å². The van der Waals surface area contributed by atoms with Crippen molar-refractivity contribution in [2.75, 3.05) is 0 Å². The van der Waals surface area contributed by atoms with Crippen LogP contribution in [0.3, 0.4) is 0 Å². The molecule has 3 rings (SSSR count). The molecule has 5 heteroatoms. The number of nitrogens with zero attached hydrogens (tertiary/aromatic N) is 3. The maximum absolute atomic E-state index is 5.18. The summed E-state index contributed by atoms with van der Waals surface area (Å²) in [5.41, 5.74) is 1.82. The lowest BCUT2D eigenvalue weighted by Crippen LogP contribution is -2.13. The first-order valence-electron chi connectivity index (χ1n) is 5.18. The first-order valence-corrected chi connectivity index (χ1v) is 5.18. The smallest absolute Gasteiger partial charge is 0.241 e. The van der Waals surface area contributed by atoms with Gasteiger partial charge in [0.2, 0.25) is 6.29 Å². The molecule has 0 spiro atoms. The van der Waals surface area contributed by atoms with Gasteiger partial charge in [-0.1, -0.05) is 12.1 Å². The number of benzene rings is 1. The molecule has 82 valence electrons. The Balaban J connectivity index is 1.69. The quantitative estimate of drug-likeness (QED) is 0.784. The Morgan fingerprint density at radius 1 is 1.06 bits per heavy atom. The monoisotopic (exact) mass is 217 g/mol. The highest BCUT2D eigenvalue weighted by molar-refractivity contribution is 5.72. The molecule has 1 aromatic carbocycles. The van der Waals surface area contributed by atoms with Gasteiger partial charge in [-0.2, -0.15) is 15.0 Å². The summed E-state index contributed by atoms with van der Waals surface area (Å²) < 4.78 is 10.4. The van der Waals surface area contributed by atoms with Crippen LogP contribution in [0.1, 0.15) is 6.42 Å². The summed E-state index contributed by atoms with van der Waals surface area (Å²) in [5.74, 6) is 0. The lowest BCUT2D eigenvalue weighted by atomic mass is 10.3. The number of hydrogen-bond acceptors (Lipinski definition) is 4. The van der Waals surface area contributed by atoms with Crippen molar-refractivity contribution < 1.29 is 9.47 Å². The molecule has 0 bridgehead atoms. The largest absolute Gasteiger partial charge is 0.459 e. The van der Waals surface area contributed by atoms with Crippen molar-refractivity contribution in [2.24, 2.45) is 0 Å². The molecule has 0 N–H and O–H groups in total. The zero-order valence-electron chi connectivity index (χ0n) is 8.61. The Hall–Kier alpha value is -2.04. The van der Waals surface area contributed by atoms with E-state index >= 15 is 0 Å². The summed E-state index contributed by atoms with van der Waals surface area (Å²) in [6.45, 7) is 0.682. The zero-order chi connectivity index (χ0) is 10.8. The molecule has 1 aliphatic heterocycles. The van der Waals surface area contributed by atoms with Gasteiger partial charge >= 0.3 is 0 Å². The van der Waals surface area contributed by atoms with Crippen molar-refractivity contribution in [3.8, 4) is 0 Å². The number of ether oxygens (including phenoxy) is 2. The van der Waals surface area contributed by atoms with Crippen LogP contribution in [0.4, 0.5) is 0 Å². The van der Waals surface area contributed by atoms with E-state index in [1.54, 1.807) is 17.3 Å². The minimum absolute atomic E-state index is 0.200. The lowest BCUT2D eigenvalue weighted by Gasteiger charge is -2.08. The van der Waals surface area contributed by atoms with Gasteiger partial charge in [0.15, 0.2) is 0 Å². The van der Waals surface area contributed by atoms with Crippen molar-refractivity contribution in [1.82, 2.24) is 15.0 Å². The molecule has 0 aliphatic carbocycles. The van der Waals surface area contributed by atoms with Gasteiger partial charge in [-0.25, -0.2) is 0 Å². The molecule has 2 heterocycles. The second-order valence-electron chi connectivity index (χ2n) is 3.55. The summed E-state index contributed by atoms with van der Waals surface area (Å²) in [7, 11) is 0. The first-order chi connectivity index (χ1) is 7.92. The van der Waals surface area contributed by atoms with Crippen LogP contribution < -0.4 is 0 Å². The maximum atomic E-state index is 5.18. The molecule has 0 atom stereocenters. The molecule has 0 radical (unpaired) electrons. The van der Waals surface area contributed by atoms with E-state index in [1.165, 1.54) is 0 Å². The summed E-state index contributed by atoms with van der Waals surface area (Å²) in [6.07, 6.45) is 3.64. The van der Waals surface area contributed by atoms with Crippen LogP contribution in [-0.4, -0.2) is 21.3 Å². The molecule has 2 aromatic rings. The fourth-order valence-corrected chi connectivity index (χ4v) is 1.63. The SMILES string of the molecule is C1=COC(CCn2nc3ccccc3n2)O1. The number of aromatic nitrogens is 3. The van der Waals surface area contributed by atoms with E-state index in [9.17, 15) is 0 Å². The normalized spacial score (nSPS) is 15.2. The topological polar surface area (TPSA) is 49.2 Å². The van der Waals surface area contributed by atoms with Gasteiger partial charge < -0.3 is 9.47 Å². The highest BCUT2D eigenvalue weighted by atomic mass is 16.7. The Bertz CT molecular complexity index is 480. The van der Waals surface area contributed by atoms with Gasteiger partial charge in [-0.05, 0) is 12.1 Å². The molecule has 16 heavy (non-hydrogen) atoms. The second kappa shape index (κ2) is 3.84. The summed E-state index contributed by atoms with van der Waals surface area (Å²) in [4.78, 5) is 1.68. The van der Waals surface area contributed by atoms with Crippen molar-refractivity contribution in [3.63, 3.8) is 0 Å². The molecule has 1 aliphatic rings. The average molecular weight is 217 g/mol. The van der Waals surface area contributed by atoms with E-state index in [1.807, 2.05) is 24.3 Å². The van der Waals surface area contributed by atoms with Gasteiger partial charge in [-0.3, -0.25) is 0 Å². The van der Waals surface area contributed by atoms with E-state index in [4.69, 9.17) is 9.47 Å². The average Bonchev–Trinajstić information content (AvgIpc) is 2.95. The summed E-state index contributed by atoms with van der Waals surface area (Å²) in [6, 6.07) is 7.80. The highest BCUT2D eigenvalue weighted by Gasteiger charge is 2.12. The second-order valence-corrected chi connectivity index (χ2v) is 3.55. The molecule has 0 saturated heterocycles.